The van der Waals surface area contributed by atoms with Gasteiger partial charge in [-0.25, -0.2) is 9.97 Å². The van der Waals surface area contributed by atoms with Crippen molar-refractivity contribution in [2.45, 2.75) is 6.54 Å². The number of imidazole rings is 1. The molecular formula is C11H11ClN4O. The summed E-state index contributed by atoms with van der Waals surface area (Å²) < 4.78 is 0. The van der Waals surface area contributed by atoms with Crippen LogP contribution in [0.3, 0.4) is 0 Å². The number of aromatic nitrogens is 3. The van der Waals surface area contributed by atoms with E-state index >= 15 is 0 Å². The van der Waals surface area contributed by atoms with Crippen molar-refractivity contribution < 1.29 is 4.79 Å². The normalized spacial score (nSPS) is 10.2. The van der Waals surface area contributed by atoms with Gasteiger partial charge >= 0.3 is 0 Å². The molecule has 5 nitrogen and oxygen atoms in total. The van der Waals surface area contributed by atoms with Crippen molar-refractivity contribution in [1.82, 2.24) is 19.9 Å². The largest absolute Gasteiger partial charge is 0.347 e. The molecule has 0 aliphatic heterocycles. The van der Waals surface area contributed by atoms with Crippen LogP contribution in [0.5, 0.6) is 0 Å². The monoisotopic (exact) mass is 250 g/mol. The van der Waals surface area contributed by atoms with Gasteiger partial charge in [-0.15, -0.1) is 0 Å². The van der Waals surface area contributed by atoms with Gasteiger partial charge in [0.2, 0.25) is 0 Å². The summed E-state index contributed by atoms with van der Waals surface area (Å²) in [5, 5.41) is 0.509. The Hall–Kier alpha value is -1.88. The Labute approximate surface area is 103 Å². The molecule has 1 amide bonds. The molecule has 0 radical (unpaired) electrons. The number of H-pyrrole nitrogens is 1. The van der Waals surface area contributed by atoms with Gasteiger partial charge in [-0.3, -0.25) is 4.79 Å². The topological polar surface area (TPSA) is 61.9 Å². The number of aromatic amines is 1. The van der Waals surface area contributed by atoms with Crippen molar-refractivity contribution in [2.24, 2.45) is 0 Å². The van der Waals surface area contributed by atoms with Crippen molar-refractivity contribution in [1.29, 1.82) is 0 Å². The molecule has 0 aliphatic rings. The zero-order valence-corrected chi connectivity index (χ0v) is 9.98. The van der Waals surface area contributed by atoms with E-state index in [0.29, 0.717) is 17.3 Å². The molecule has 0 aliphatic carbocycles. The van der Waals surface area contributed by atoms with Gasteiger partial charge in [-0.1, -0.05) is 11.6 Å². The smallest absolute Gasteiger partial charge is 0.272 e. The molecule has 17 heavy (non-hydrogen) atoms. The first-order valence-electron chi connectivity index (χ1n) is 5.02. The number of rotatable bonds is 3. The first-order valence-corrected chi connectivity index (χ1v) is 5.40. The molecule has 0 aromatic carbocycles. The zero-order chi connectivity index (χ0) is 12.3. The first-order chi connectivity index (χ1) is 8.16. The molecule has 2 heterocycles. The third-order valence-corrected chi connectivity index (χ3v) is 2.46. The highest BCUT2D eigenvalue weighted by Crippen LogP contribution is 2.08. The number of nitrogens with one attached hydrogen (secondary N) is 1. The van der Waals surface area contributed by atoms with E-state index in [2.05, 4.69) is 15.0 Å². The summed E-state index contributed by atoms with van der Waals surface area (Å²) in [5.74, 6) is 0.563. The molecular weight excluding hydrogens is 240 g/mol. The van der Waals surface area contributed by atoms with Crippen molar-refractivity contribution in [3.8, 4) is 0 Å². The average Bonchev–Trinajstić information content (AvgIpc) is 2.82. The van der Waals surface area contributed by atoms with E-state index in [4.69, 9.17) is 11.6 Å². The van der Waals surface area contributed by atoms with Gasteiger partial charge in [0.1, 0.15) is 11.5 Å². The van der Waals surface area contributed by atoms with Crippen molar-refractivity contribution in [3.63, 3.8) is 0 Å². The third-order valence-electron chi connectivity index (χ3n) is 2.23. The molecule has 0 bridgehead atoms. The molecule has 88 valence electrons. The maximum Gasteiger partial charge on any atom is 0.272 e. The van der Waals surface area contributed by atoms with Gasteiger partial charge < -0.3 is 9.88 Å². The number of nitrogens with zero attached hydrogens (tertiary/aromatic N) is 3. The highest BCUT2D eigenvalue weighted by atomic mass is 35.5. The first kappa shape index (κ1) is 11.6. The van der Waals surface area contributed by atoms with E-state index in [1.165, 1.54) is 11.1 Å². The summed E-state index contributed by atoms with van der Waals surface area (Å²) in [5.41, 5.74) is 0.364. The molecule has 2 aromatic rings. The standard InChI is InChI=1S/C11H11ClN4O/c1-16(7-10-13-4-5-14-10)11(17)9-3-2-8(12)6-15-9/h2-6H,7H2,1H3,(H,13,14). The lowest BCUT2D eigenvalue weighted by molar-refractivity contribution is 0.0776. The van der Waals surface area contributed by atoms with Crippen LogP contribution in [0, 0.1) is 0 Å². The van der Waals surface area contributed by atoms with E-state index in [0.717, 1.165) is 5.82 Å². The minimum absolute atomic E-state index is 0.168. The summed E-state index contributed by atoms with van der Waals surface area (Å²) in [4.78, 5) is 24.5. The third kappa shape index (κ3) is 2.82. The highest BCUT2D eigenvalue weighted by molar-refractivity contribution is 6.30. The predicted molar refractivity (Wildman–Crippen MR) is 63.6 cm³/mol. The predicted octanol–water partition coefficient (Wildman–Crippen LogP) is 1.73. The minimum atomic E-state index is -0.168. The zero-order valence-electron chi connectivity index (χ0n) is 9.22. The number of carbonyl (C=O) groups is 1. The number of carbonyl (C=O) groups excluding carboxylic acids is 1. The van der Waals surface area contributed by atoms with Gasteiger partial charge in [-0.2, -0.15) is 0 Å². The SMILES string of the molecule is CN(Cc1ncc[nH]1)C(=O)c1ccc(Cl)cn1. The molecule has 2 rings (SSSR count). The van der Waals surface area contributed by atoms with Crippen molar-refractivity contribution in [3.05, 3.63) is 47.3 Å². The van der Waals surface area contributed by atoms with Gasteiger partial charge in [0.05, 0.1) is 11.6 Å². The van der Waals surface area contributed by atoms with Gasteiger partial charge in [0, 0.05) is 25.6 Å². The number of pyridine rings is 1. The summed E-state index contributed by atoms with van der Waals surface area (Å²) in [7, 11) is 1.70. The fraction of sp³-hybridized carbons (Fsp3) is 0.182. The fourth-order valence-corrected chi connectivity index (χ4v) is 1.49. The summed E-state index contributed by atoms with van der Waals surface area (Å²) >= 11 is 5.71. The van der Waals surface area contributed by atoms with E-state index in [-0.39, 0.29) is 5.91 Å². The summed E-state index contributed by atoms with van der Waals surface area (Å²) in [6.45, 7) is 0.413. The molecule has 6 heteroatoms. The summed E-state index contributed by atoms with van der Waals surface area (Å²) in [6.07, 6.45) is 4.82. The second kappa shape index (κ2) is 4.97. The molecule has 0 saturated carbocycles. The van der Waals surface area contributed by atoms with E-state index in [1.807, 2.05) is 0 Å². The van der Waals surface area contributed by atoms with Crippen LogP contribution in [-0.4, -0.2) is 32.8 Å². The quantitative estimate of drug-likeness (QED) is 0.902. The van der Waals surface area contributed by atoms with Crippen LogP contribution in [0.25, 0.3) is 0 Å². The van der Waals surface area contributed by atoms with Crippen molar-refractivity contribution in [2.75, 3.05) is 7.05 Å². The van der Waals surface area contributed by atoms with E-state index in [1.54, 1.807) is 31.6 Å². The lowest BCUT2D eigenvalue weighted by Gasteiger charge is -2.14. The van der Waals surface area contributed by atoms with Crippen LogP contribution in [0.4, 0.5) is 0 Å². The number of amides is 1. The Morgan fingerprint density at radius 1 is 1.47 bits per heavy atom. The Morgan fingerprint density at radius 2 is 2.29 bits per heavy atom. The van der Waals surface area contributed by atoms with E-state index in [9.17, 15) is 4.79 Å². The molecule has 0 unspecified atom stereocenters. The van der Waals surface area contributed by atoms with Gasteiger partial charge in [-0.05, 0) is 12.1 Å². The van der Waals surface area contributed by atoms with Crippen LogP contribution in [0.15, 0.2) is 30.7 Å². The molecule has 0 atom stereocenters. The number of hydrogen-bond acceptors (Lipinski definition) is 3. The second-order valence-corrected chi connectivity index (χ2v) is 4.00. The molecule has 0 fully saturated rings. The Bertz CT molecular complexity index is 495. The molecule has 0 spiro atoms. The summed E-state index contributed by atoms with van der Waals surface area (Å²) in [6, 6.07) is 3.24. The van der Waals surface area contributed by atoms with Crippen LogP contribution in [0.2, 0.25) is 5.02 Å². The van der Waals surface area contributed by atoms with Crippen molar-refractivity contribution >= 4 is 17.5 Å². The lowest BCUT2D eigenvalue weighted by atomic mass is 10.3. The van der Waals surface area contributed by atoms with E-state index < -0.39 is 0 Å². The highest BCUT2D eigenvalue weighted by Gasteiger charge is 2.13. The second-order valence-electron chi connectivity index (χ2n) is 3.56. The molecule has 1 N–H and O–H groups in total. The molecule has 2 aromatic heterocycles. The maximum atomic E-state index is 12.0. The minimum Gasteiger partial charge on any atom is -0.347 e. The number of halogens is 1. The van der Waals surface area contributed by atoms with Crippen LogP contribution < -0.4 is 0 Å². The Balaban J connectivity index is 2.07. The average molecular weight is 251 g/mol. The van der Waals surface area contributed by atoms with Crippen LogP contribution in [0.1, 0.15) is 16.3 Å². The maximum absolute atomic E-state index is 12.0. The Morgan fingerprint density at radius 3 is 2.88 bits per heavy atom. The van der Waals surface area contributed by atoms with Gasteiger partial charge in [0.25, 0.3) is 5.91 Å². The Kier molecular flexibility index (Phi) is 3.39. The fourth-order valence-electron chi connectivity index (χ4n) is 1.38. The van der Waals surface area contributed by atoms with Gasteiger partial charge in [0.15, 0.2) is 0 Å². The van der Waals surface area contributed by atoms with Crippen LogP contribution in [-0.2, 0) is 6.54 Å². The van der Waals surface area contributed by atoms with Crippen LogP contribution >= 0.6 is 11.6 Å². The lowest BCUT2D eigenvalue weighted by Crippen LogP contribution is -2.27. The molecule has 0 saturated heterocycles. The number of hydrogen-bond donors (Lipinski definition) is 1.